The molecule has 1 aliphatic rings. The van der Waals surface area contributed by atoms with E-state index >= 15 is 0 Å². The van der Waals surface area contributed by atoms with Crippen LogP contribution in [0.5, 0.6) is 11.5 Å². The van der Waals surface area contributed by atoms with Gasteiger partial charge in [-0.15, -0.1) is 0 Å². The largest absolute Gasteiger partial charge is 0.497 e. The van der Waals surface area contributed by atoms with Gasteiger partial charge in [-0.2, -0.15) is 0 Å². The van der Waals surface area contributed by atoms with Gasteiger partial charge in [0.05, 0.1) is 13.7 Å². The summed E-state index contributed by atoms with van der Waals surface area (Å²) >= 11 is 0. The molecule has 4 rings (SSSR count). The van der Waals surface area contributed by atoms with Crippen LogP contribution in [0.2, 0.25) is 0 Å². The molecule has 3 aromatic rings. The highest BCUT2D eigenvalue weighted by Crippen LogP contribution is 2.32. The lowest BCUT2D eigenvalue weighted by molar-refractivity contribution is 0.223. The number of ether oxygens (including phenoxy) is 2. The van der Waals surface area contributed by atoms with Gasteiger partial charge in [-0.3, -0.25) is 0 Å². The lowest BCUT2D eigenvalue weighted by Crippen LogP contribution is -2.32. The zero-order chi connectivity index (χ0) is 21.3. The standard InChI is InChI=1S/C28H31NO2/c1-30-26-13-15-27(16-14-26)31-22-8-19-29-20-17-25(18-21-29)28(23-9-4-2-5-10-23)24-11-6-3-7-12-24/h2-7,9-16H,8,17-22H2,1H3. The first-order chi connectivity index (χ1) is 15.3. The first-order valence-electron chi connectivity index (χ1n) is 11.2. The van der Waals surface area contributed by atoms with Crippen LogP contribution in [0.25, 0.3) is 5.57 Å². The third kappa shape index (κ3) is 5.77. The molecule has 0 amide bonds. The van der Waals surface area contributed by atoms with E-state index in [1.54, 1.807) is 12.7 Å². The maximum absolute atomic E-state index is 5.88. The highest BCUT2D eigenvalue weighted by molar-refractivity contribution is 5.82. The second kappa shape index (κ2) is 10.8. The lowest BCUT2D eigenvalue weighted by Gasteiger charge is -2.30. The topological polar surface area (TPSA) is 21.7 Å². The van der Waals surface area contributed by atoms with Gasteiger partial charge in [0.1, 0.15) is 11.5 Å². The van der Waals surface area contributed by atoms with Gasteiger partial charge in [0.25, 0.3) is 0 Å². The summed E-state index contributed by atoms with van der Waals surface area (Å²) in [5.41, 5.74) is 5.64. The van der Waals surface area contributed by atoms with Gasteiger partial charge < -0.3 is 14.4 Å². The molecule has 0 aliphatic carbocycles. The van der Waals surface area contributed by atoms with E-state index in [0.717, 1.165) is 57.0 Å². The second-order valence-corrected chi connectivity index (χ2v) is 7.93. The molecular weight excluding hydrogens is 382 g/mol. The van der Waals surface area contributed by atoms with Crippen molar-refractivity contribution in [2.75, 3.05) is 33.4 Å². The molecule has 0 radical (unpaired) electrons. The Kier molecular flexibility index (Phi) is 7.41. The van der Waals surface area contributed by atoms with Crippen molar-refractivity contribution in [2.45, 2.75) is 19.3 Å². The van der Waals surface area contributed by atoms with Gasteiger partial charge in [0.2, 0.25) is 0 Å². The van der Waals surface area contributed by atoms with Crippen LogP contribution < -0.4 is 9.47 Å². The van der Waals surface area contributed by atoms with E-state index in [2.05, 4.69) is 65.6 Å². The molecule has 0 unspecified atom stereocenters. The van der Waals surface area contributed by atoms with E-state index in [1.165, 1.54) is 16.7 Å². The Morgan fingerprint density at radius 2 is 1.29 bits per heavy atom. The third-order valence-electron chi connectivity index (χ3n) is 5.88. The summed E-state index contributed by atoms with van der Waals surface area (Å²) in [4.78, 5) is 2.56. The van der Waals surface area contributed by atoms with Crippen LogP contribution in [0.3, 0.4) is 0 Å². The first kappa shape index (κ1) is 21.2. The molecule has 0 aromatic heterocycles. The normalized spacial score (nSPS) is 14.3. The fourth-order valence-corrected chi connectivity index (χ4v) is 4.23. The second-order valence-electron chi connectivity index (χ2n) is 7.93. The smallest absolute Gasteiger partial charge is 0.119 e. The summed E-state index contributed by atoms with van der Waals surface area (Å²) in [6.07, 6.45) is 3.28. The molecule has 1 aliphatic heterocycles. The highest BCUT2D eigenvalue weighted by atomic mass is 16.5. The van der Waals surface area contributed by atoms with Crippen molar-refractivity contribution in [2.24, 2.45) is 0 Å². The number of methoxy groups -OCH3 is 1. The average Bonchev–Trinajstić information content (AvgIpc) is 2.85. The van der Waals surface area contributed by atoms with Crippen molar-refractivity contribution in [1.29, 1.82) is 0 Å². The molecule has 160 valence electrons. The summed E-state index contributed by atoms with van der Waals surface area (Å²) in [5, 5.41) is 0. The van der Waals surface area contributed by atoms with E-state index in [0.29, 0.717) is 0 Å². The number of rotatable bonds is 8. The van der Waals surface area contributed by atoms with Crippen LogP contribution in [0.1, 0.15) is 30.4 Å². The summed E-state index contributed by atoms with van der Waals surface area (Å²) in [5.74, 6) is 1.76. The van der Waals surface area contributed by atoms with E-state index in [4.69, 9.17) is 9.47 Å². The molecule has 3 nitrogen and oxygen atoms in total. The molecule has 0 spiro atoms. The third-order valence-corrected chi connectivity index (χ3v) is 5.88. The first-order valence-corrected chi connectivity index (χ1v) is 11.2. The molecule has 31 heavy (non-hydrogen) atoms. The van der Waals surface area contributed by atoms with E-state index in [9.17, 15) is 0 Å². The lowest BCUT2D eigenvalue weighted by atomic mass is 9.88. The molecule has 3 heteroatoms. The maximum Gasteiger partial charge on any atom is 0.119 e. The van der Waals surface area contributed by atoms with Crippen molar-refractivity contribution >= 4 is 5.57 Å². The van der Waals surface area contributed by atoms with Crippen LogP contribution in [0.15, 0.2) is 90.5 Å². The zero-order valence-electron chi connectivity index (χ0n) is 18.3. The number of nitrogens with zero attached hydrogens (tertiary/aromatic N) is 1. The average molecular weight is 414 g/mol. The Hall–Kier alpha value is -3.04. The molecule has 1 fully saturated rings. The van der Waals surface area contributed by atoms with Gasteiger partial charge in [0, 0.05) is 19.6 Å². The number of benzene rings is 3. The molecule has 0 N–H and O–H groups in total. The zero-order valence-corrected chi connectivity index (χ0v) is 18.3. The summed E-state index contributed by atoms with van der Waals surface area (Å²) in [6.45, 7) is 4.04. The fourth-order valence-electron chi connectivity index (χ4n) is 4.23. The molecule has 0 bridgehead atoms. The highest BCUT2D eigenvalue weighted by Gasteiger charge is 2.18. The minimum atomic E-state index is 0.741. The van der Waals surface area contributed by atoms with E-state index in [1.807, 2.05) is 24.3 Å². The quantitative estimate of drug-likeness (QED) is 0.419. The Labute approximate surface area is 185 Å². The number of hydrogen-bond acceptors (Lipinski definition) is 3. The molecule has 0 atom stereocenters. The predicted molar refractivity (Wildman–Crippen MR) is 128 cm³/mol. The SMILES string of the molecule is COc1ccc(OCCCN2CCC(=C(c3ccccc3)c3ccccc3)CC2)cc1. The minimum absolute atomic E-state index is 0.741. The van der Waals surface area contributed by atoms with E-state index in [-0.39, 0.29) is 0 Å². The van der Waals surface area contributed by atoms with Crippen LogP contribution >= 0.6 is 0 Å². The van der Waals surface area contributed by atoms with Crippen molar-refractivity contribution in [3.8, 4) is 11.5 Å². The van der Waals surface area contributed by atoms with Crippen LogP contribution in [-0.4, -0.2) is 38.3 Å². The molecule has 1 heterocycles. The van der Waals surface area contributed by atoms with Gasteiger partial charge in [-0.05, 0) is 60.2 Å². The van der Waals surface area contributed by atoms with Crippen molar-refractivity contribution in [3.63, 3.8) is 0 Å². The number of hydrogen-bond donors (Lipinski definition) is 0. The molecular formula is C28H31NO2. The van der Waals surface area contributed by atoms with Gasteiger partial charge in [-0.25, -0.2) is 0 Å². The Morgan fingerprint density at radius 3 is 1.84 bits per heavy atom. The molecule has 0 saturated carbocycles. The number of piperidine rings is 1. The number of likely N-dealkylation sites (tertiary alicyclic amines) is 1. The van der Waals surface area contributed by atoms with Crippen molar-refractivity contribution in [3.05, 3.63) is 102 Å². The van der Waals surface area contributed by atoms with Crippen molar-refractivity contribution in [1.82, 2.24) is 4.90 Å². The predicted octanol–water partition coefficient (Wildman–Crippen LogP) is 6.06. The minimum Gasteiger partial charge on any atom is -0.497 e. The molecule has 1 saturated heterocycles. The van der Waals surface area contributed by atoms with Crippen LogP contribution in [0, 0.1) is 0 Å². The summed E-state index contributed by atoms with van der Waals surface area (Å²) in [6, 6.07) is 29.5. The Bertz CT molecular complexity index is 913. The van der Waals surface area contributed by atoms with Gasteiger partial charge >= 0.3 is 0 Å². The van der Waals surface area contributed by atoms with Gasteiger partial charge in [0.15, 0.2) is 0 Å². The van der Waals surface area contributed by atoms with E-state index < -0.39 is 0 Å². The summed E-state index contributed by atoms with van der Waals surface area (Å²) < 4.78 is 11.1. The fraction of sp³-hybridized carbons (Fsp3) is 0.286. The van der Waals surface area contributed by atoms with Crippen LogP contribution in [0.4, 0.5) is 0 Å². The Balaban J connectivity index is 1.32. The van der Waals surface area contributed by atoms with Crippen LogP contribution in [-0.2, 0) is 0 Å². The Morgan fingerprint density at radius 1 is 0.742 bits per heavy atom. The maximum atomic E-state index is 5.88. The van der Waals surface area contributed by atoms with Gasteiger partial charge in [-0.1, -0.05) is 66.2 Å². The monoisotopic (exact) mass is 413 g/mol. The summed E-state index contributed by atoms with van der Waals surface area (Å²) in [7, 11) is 1.68. The molecule has 3 aromatic carbocycles. The van der Waals surface area contributed by atoms with Crippen molar-refractivity contribution < 1.29 is 9.47 Å².